The van der Waals surface area contributed by atoms with E-state index in [0.29, 0.717) is 17.9 Å². The molecule has 0 fully saturated rings. The van der Waals surface area contributed by atoms with Crippen LogP contribution in [0.5, 0.6) is 0 Å². The Morgan fingerprint density at radius 1 is 1.38 bits per heavy atom. The minimum atomic E-state index is 0.382. The van der Waals surface area contributed by atoms with Crippen molar-refractivity contribution in [2.75, 3.05) is 12.4 Å². The lowest BCUT2D eigenvalue weighted by Crippen LogP contribution is -2.19. The smallest absolute Gasteiger partial charge is 0.0744 e. The molecular weight excluding hydrogens is 366 g/mol. The third kappa shape index (κ3) is 3.31. The molecular formula is C16H18BrNOS2. The van der Waals surface area contributed by atoms with Crippen molar-refractivity contribution in [2.45, 2.75) is 35.5 Å². The van der Waals surface area contributed by atoms with Crippen LogP contribution in [-0.4, -0.2) is 12.4 Å². The monoisotopic (exact) mass is 383 g/mol. The van der Waals surface area contributed by atoms with Crippen LogP contribution in [0.25, 0.3) is 0 Å². The van der Waals surface area contributed by atoms with E-state index >= 15 is 0 Å². The number of ether oxygens (including phenoxy) is 1. The SMILES string of the molecule is COCc1c(Br)cccc1NC1C[C@H](C)Sc2sccc21. The molecule has 1 aliphatic heterocycles. The molecule has 1 aromatic carbocycles. The van der Waals surface area contributed by atoms with Gasteiger partial charge in [-0.3, -0.25) is 0 Å². The summed E-state index contributed by atoms with van der Waals surface area (Å²) in [4.78, 5) is 0. The maximum absolute atomic E-state index is 5.34. The summed E-state index contributed by atoms with van der Waals surface area (Å²) < 4.78 is 7.89. The van der Waals surface area contributed by atoms with E-state index in [9.17, 15) is 0 Å². The highest BCUT2D eigenvalue weighted by Gasteiger charge is 2.26. The predicted molar refractivity (Wildman–Crippen MR) is 95.5 cm³/mol. The van der Waals surface area contributed by atoms with E-state index in [1.165, 1.54) is 15.3 Å². The molecule has 0 amide bonds. The highest BCUT2D eigenvalue weighted by molar-refractivity contribution is 9.10. The lowest BCUT2D eigenvalue weighted by molar-refractivity contribution is 0.185. The van der Waals surface area contributed by atoms with Crippen LogP contribution < -0.4 is 5.32 Å². The molecule has 2 nitrogen and oxygen atoms in total. The molecule has 0 bridgehead atoms. The summed E-state index contributed by atoms with van der Waals surface area (Å²) in [6.45, 7) is 2.91. The largest absolute Gasteiger partial charge is 0.380 e. The van der Waals surface area contributed by atoms with Crippen LogP contribution in [0.15, 0.2) is 38.3 Å². The fourth-order valence-electron chi connectivity index (χ4n) is 2.66. The number of benzene rings is 1. The number of methoxy groups -OCH3 is 1. The average Bonchev–Trinajstić information content (AvgIpc) is 2.91. The van der Waals surface area contributed by atoms with Gasteiger partial charge >= 0.3 is 0 Å². The molecule has 0 aliphatic carbocycles. The second-order valence-corrected chi connectivity index (χ2v) is 8.70. The normalized spacial score (nSPS) is 21.1. The Hall–Kier alpha value is -0.490. The van der Waals surface area contributed by atoms with E-state index in [0.717, 1.165) is 16.6 Å². The number of thiophene rings is 1. The lowest BCUT2D eigenvalue weighted by atomic mass is 10.0. The summed E-state index contributed by atoms with van der Waals surface area (Å²) in [6.07, 6.45) is 1.15. The number of fused-ring (bicyclic) bond motifs is 1. The lowest BCUT2D eigenvalue weighted by Gasteiger charge is -2.29. The van der Waals surface area contributed by atoms with E-state index in [2.05, 4.69) is 57.8 Å². The first-order valence-corrected chi connectivity index (χ1v) is 9.51. The molecule has 1 unspecified atom stereocenters. The van der Waals surface area contributed by atoms with Gasteiger partial charge in [-0.2, -0.15) is 0 Å². The molecule has 5 heteroatoms. The second kappa shape index (κ2) is 6.73. The third-order valence-electron chi connectivity index (χ3n) is 3.65. The Labute approximate surface area is 142 Å². The third-order valence-corrected chi connectivity index (χ3v) is 6.73. The molecule has 1 aliphatic rings. The average molecular weight is 384 g/mol. The van der Waals surface area contributed by atoms with Crippen LogP contribution in [0.1, 0.15) is 30.5 Å². The van der Waals surface area contributed by atoms with Crippen molar-refractivity contribution >= 4 is 44.7 Å². The molecule has 0 saturated carbocycles. The van der Waals surface area contributed by atoms with E-state index in [-0.39, 0.29) is 0 Å². The van der Waals surface area contributed by atoms with Gasteiger partial charge in [0.2, 0.25) is 0 Å². The van der Waals surface area contributed by atoms with Crippen LogP contribution in [-0.2, 0) is 11.3 Å². The van der Waals surface area contributed by atoms with Crippen molar-refractivity contribution in [2.24, 2.45) is 0 Å². The number of anilines is 1. The zero-order chi connectivity index (χ0) is 14.8. The van der Waals surface area contributed by atoms with E-state index in [1.807, 2.05) is 23.1 Å². The minimum absolute atomic E-state index is 0.382. The molecule has 21 heavy (non-hydrogen) atoms. The van der Waals surface area contributed by atoms with Gasteiger partial charge in [-0.15, -0.1) is 23.1 Å². The van der Waals surface area contributed by atoms with E-state index < -0.39 is 0 Å². The van der Waals surface area contributed by atoms with Crippen LogP contribution in [0.3, 0.4) is 0 Å². The van der Waals surface area contributed by atoms with Gasteiger partial charge in [-0.25, -0.2) is 0 Å². The molecule has 0 radical (unpaired) electrons. The molecule has 1 aromatic heterocycles. The number of rotatable bonds is 4. The van der Waals surface area contributed by atoms with Crippen molar-refractivity contribution in [1.29, 1.82) is 0 Å². The van der Waals surface area contributed by atoms with Gasteiger partial charge in [0.15, 0.2) is 0 Å². The standard InChI is InChI=1S/C16H18BrNOS2/c1-10-8-15(11-6-7-20-16(11)21-10)18-14-5-3-4-13(17)12(14)9-19-2/h3-7,10,15,18H,8-9H2,1-2H3/t10-,15?/m0/s1. The van der Waals surface area contributed by atoms with Crippen LogP contribution in [0, 0.1) is 0 Å². The molecule has 2 atom stereocenters. The van der Waals surface area contributed by atoms with Crippen LogP contribution >= 0.6 is 39.0 Å². The highest BCUT2D eigenvalue weighted by Crippen LogP contribution is 2.45. The Balaban J connectivity index is 1.90. The molecule has 112 valence electrons. The summed E-state index contributed by atoms with van der Waals surface area (Å²) >= 11 is 7.47. The first-order chi connectivity index (χ1) is 10.2. The summed E-state index contributed by atoms with van der Waals surface area (Å²) in [5.41, 5.74) is 3.78. The number of halogens is 1. The van der Waals surface area contributed by atoms with Gasteiger partial charge in [-0.1, -0.05) is 28.9 Å². The van der Waals surface area contributed by atoms with Gasteiger partial charge in [0, 0.05) is 28.1 Å². The van der Waals surface area contributed by atoms with Crippen LogP contribution in [0.4, 0.5) is 5.69 Å². The summed E-state index contributed by atoms with van der Waals surface area (Å²) in [6, 6.07) is 8.91. The fourth-order valence-corrected chi connectivity index (χ4v) is 5.71. The number of thioether (sulfide) groups is 1. The summed E-state index contributed by atoms with van der Waals surface area (Å²) in [7, 11) is 1.74. The Kier molecular flexibility index (Phi) is 4.94. The van der Waals surface area contributed by atoms with Gasteiger partial charge in [0.05, 0.1) is 16.9 Å². The second-order valence-electron chi connectivity index (χ2n) is 5.22. The van der Waals surface area contributed by atoms with Crippen molar-refractivity contribution in [3.05, 3.63) is 45.2 Å². The van der Waals surface area contributed by atoms with E-state index in [1.54, 1.807) is 7.11 Å². The number of hydrogen-bond donors (Lipinski definition) is 1. The number of nitrogens with one attached hydrogen (secondary N) is 1. The maximum Gasteiger partial charge on any atom is 0.0744 e. The summed E-state index contributed by atoms with van der Waals surface area (Å²) in [5, 5.41) is 6.57. The van der Waals surface area contributed by atoms with Crippen molar-refractivity contribution in [1.82, 2.24) is 0 Å². The first kappa shape index (κ1) is 15.4. The molecule has 1 N–H and O–H groups in total. The quantitative estimate of drug-likeness (QED) is 0.731. The van der Waals surface area contributed by atoms with Gasteiger partial charge in [0.1, 0.15) is 0 Å². The van der Waals surface area contributed by atoms with Gasteiger partial charge in [-0.05, 0) is 35.6 Å². The molecule has 3 rings (SSSR count). The fraction of sp³-hybridized carbons (Fsp3) is 0.375. The summed E-state index contributed by atoms with van der Waals surface area (Å²) in [5.74, 6) is 0. The number of hydrogen-bond acceptors (Lipinski definition) is 4. The maximum atomic E-state index is 5.34. The molecule has 2 aromatic rings. The van der Waals surface area contributed by atoms with Gasteiger partial charge in [0.25, 0.3) is 0 Å². The molecule has 0 saturated heterocycles. The van der Waals surface area contributed by atoms with Crippen molar-refractivity contribution in [3.63, 3.8) is 0 Å². The minimum Gasteiger partial charge on any atom is -0.380 e. The first-order valence-electron chi connectivity index (χ1n) is 6.96. The topological polar surface area (TPSA) is 21.3 Å². The van der Waals surface area contributed by atoms with Gasteiger partial charge < -0.3 is 10.1 Å². The zero-order valence-electron chi connectivity index (χ0n) is 12.1. The Bertz CT molecular complexity index is 628. The predicted octanol–water partition coefficient (Wildman–Crippen LogP) is 5.69. The molecule has 0 spiro atoms. The highest BCUT2D eigenvalue weighted by atomic mass is 79.9. The van der Waals surface area contributed by atoms with Crippen molar-refractivity contribution in [3.8, 4) is 0 Å². The van der Waals surface area contributed by atoms with Crippen molar-refractivity contribution < 1.29 is 4.74 Å². The Morgan fingerprint density at radius 2 is 2.24 bits per heavy atom. The van der Waals surface area contributed by atoms with E-state index in [4.69, 9.17) is 4.74 Å². The zero-order valence-corrected chi connectivity index (χ0v) is 15.3. The van der Waals surface area contributed by atoms with Crippen LogP contribution in [0.2, 0.25) is 0 Å². The Morgan fingerprint density at radius 3 is 3.05 bits per heavy atom. The molecule has 2 heterocycles.